The van der Waals surface area contributed by atoms with Crippen molar-refractivity contribution in [2.75, 3.05) is 13.1 Å². The highest BCUT2D eigenvalue weighted by Crippen LogP contribution is 2.25. The molecule has 1 aliphatic heterocycles. The number of hydrogen-bond acceptors (Lipinski definition) is 3. The summed E-state index contributed by atoms with van der Waals surface area (Å²) in [6.07, 6.45) is 1.69. The Hall–Kier alpha value is -0.120. The maximum absolute atomic E-state index is 10.0. The van der Waals surface area contributed by atoms with Crippen LogP contribution in [-0.2, 0) is 4.74 Å². The van der Waals surface area contributed by atoms with Crippen molar-refractivity contribution in [3.05, 3.63) is 0 Å². The predicted molar refractivity (Wildman–Crippen MR) is 66.0 cm³/mol. The standard InChI is InChI=1S/C13H27NO2/c1-10(2)11-7-6-8-14(9-11)12(15)16-13(3,4)5/h10-12,15H,6-9H2,1-5H3. The van der Waals surface area contributed by atoms with Crippen molar-refractivity contribution in [2.24, 2.45) is 11.8 Å². The maximum Gasteiger partial charge on any atom is 0.216 e. The van der Waals surface area contributed by atoms with E-state index in [1.165, 1.54) is 6.42 Å². The molecule has 0 spiro atoms. The Balaban J connectivity index is 2.47. The van der Waals surface area contributed by atoms with E-state index < -0.39 is 6.41 Å². The number of aliphatic hydroxyl groups is 1. The zero-order valence-electron chi connectivity index (χ0n) is 11.4. The van der Waals surface area contributed by atoms with E-state index >= 15 is 0 Å². The minimum atomic E-state index is -0.749. The largest absolute Gasteiger partial charge is 0.356 e. The van der Waals surface area contributed by atoms with Crippen LogP contribution in [0.5, 0.6) is 0 Å². The molecule has 3 nitrogen and oxygen atoms in total. The lowest BCUT2D eigenvalue weighted by molar-refractivity contribution is -0.245. The second-order valence-electron chi connectivity index (χ2n) is 6.20. The third kappa shape index (κ3) is 4.40. The highest BCUT2D eigenvalue weighted by atomic mass is 16.6. The summed E-state index contributed by atoms with van der Waals surface area (Å²) in [6.45, 7) is 12.3. The lowest BCUT2D eigenvalue weighted by atomic mass is 9.88. The lowest BCUT2D eigenvalue weighted by Gasteiger charge is -2.39. The van der Waals surface area contributed by atoms with Gasteiger partial charge < -0.3 is 9.84 Å². The molecule has 0 radical (unpaired) electrons. The zero-order valence-corrected chi connectivity index (χ0v) is 11.4. The maximum atomic E-state index is 10.0. The third-order valence-electron chi connectivity index (χ3n) is 3.20. The topological polar surface area (TPSA) is 32.7 Å². The highest BCUT2D eigenvalue weighted by molar-refractivity contribution is 4.75. The van der Waals surface area contributed by atoms with Crippen LogP contribution in [0.25, 0.3) is 0 Å². The van der Waals surface area contributed by atoms with Gasteiger partial charge in [-0.1, -0.05) is 13.8 Å². The second kappa shape index (κ2) is 5.48. The molecule has 1 N–H and O–H groups in total. The number of rotatable bonds is 3. The number of nitrogens with zero attached hydrogens (tertiary/aromatic N) is 1. The van der Waals surface area contributed by atoms with Gasteiger partial charge in [-0.25, -0.2) is 0 Å². The van der Waals surface area contributed by atoms with E-state index in [-0.39, 0.29) is 5.60 Å². The van der Waals surface area contributed by atoms with E-state index in [0.29, 0.717) is 11.8 Å². The normalized spacial score (nSPS) is 26.1. The molecule has 0 saturated carbocycles. The summed E-state index contributed by atoms with van der Waals surface area (Å²) in [7, 11) is 0. The number of likely N-dealkylation sites (tertiary alicyclic amines) is 1. The lowest BCUT2D eigenvalue weighted by Crippen LogP contribution is -2.47. The van der Waals surface area contributed by atoms with Crippen LogP contribution in [0.15, 0.2) is 0 Å². The molecule has 0 aromatic carbocycles. The Bertz CT molecular complexity index is 210. The number of ether oxygens (including phenoxy) is 1. The fraction of sp³-hybridized carbons (Fsp3) is 1.00. The number of hydrogen-bond donors (Lipinski definition) is 1. The molecular weight excluding hydrogens is 202 g/mol. The summed E-state index contributed by atoms with van der Waals surface area (Å²) in [5.74, 6) is 1.37. The van der Waals surface area contributed by atoms with Crippen LogP contribution >= 0.6 is 0 Å². The van der Waals surface area contributed by atoms with Crippen molar-refractivity contribution >= 4 is 0 Å². The first-order valence-corrected chi connectivity index (χ1v) is 6.39. The molecule has 1 heterocycles. The molecule has 16 heavy (non-hydrogen) atoms. The monoisotopic (exact) mass is 229 g/mol. The summed E-state index contributed by atoms with van der Waals surface area (Å²) in [4.78, 5) is 2.05. The van der Waals surface area contributed by atoms with Gasteiger partial charge in [0.1, 0.15) is 0 Å². The van der Waals surface area contributed by atoms with Gasteiger partial charge >= 0.3 is 0 Å². The van der Waals surface area contributed by atoms with Gasteiger partial charge in [-0.05, 0) is 45.4 Å². The van der Waals surface area contributed by atoms with Crippen molar-refractivity contribution in [3.8, 4) is 0 Å². The third-order valence-corrected chi connectivity index (χ3v) is 3.20. The van der Waals surface area contributed by atoms with Crippen molar-refractivity contribution in [2.45, 2.75) is 59.5 Å². The van der Waals surface area contributed by atoms with Crippen LogP contribution in [0.2, 0.25) is 0 Å². The van der Waals surface area contributed by atoms with Crippen LogP contribution in [0.3, 0.4) is 0 Å². The molecule has 0 aromatic heterocycles. The molecule has 0 amide bonds. The summed E-state index contributed by atoms with van der Waals surface area (Å²) in [5, 5.41) is 10.0. The summed E-state index contributed by atoms with van der Waals surface area (Å²) in [5.41, 5.74) is -0.288. The molecule has 96 valence electrons. The van der Waals surface area contributed by atoms with Gasteiger partial charge in [0.15, 0.2) is 0 Å². The van der Waals surface area contributed by atoms with Crippen molar-refractivity contribution in [3.63, 3.8) is 0 Å². The molecule has 1 aliphatic rings. The molecule has 1 fully saturated rings. The van der Waals surface area contributed by atoms with Gasteiger partial charge in [0.05, 0.1) is 5.60 Å². The molecule has 1 rings (SSSR count). The number of piperidine rings is 1. The Morgan fingerprint density at radius 1 is 1.31 bits per heavy atom. The average Bonchev–Trinajstić information content (AvgIpc) is 2.15. The molecule has 0 bridgehead atoms. The minimum absolute atomic E-state index is 0.288. The Kier molecular flexibility index (Phi) is 4.77. The van der Waals surface area contributed by atoms with Crippen LogP contribution in [-0.4, -0.2) is 35.1 Å². The molecule has 1 saturated heterocycles. The van der Waals surface area contributed by atoms with Gasteiger partial charge in [-0.15, -0.1) is 0 Å². The van der Waals surface area contributed by atoms with Crippen LogP contribution < -0.4 is 0 Å². The van der Waals surface area contributed by atoms with Crippen LogP contribution in [0.1, 0.15) is 47.5 Å². The van der Waals surface area contributed by atoms with Crippen molar-refractivity contribution < 1.29 is 9.84 Å². The zero-order chi connectivity index (χ0) is 12.3. The fourth-order valence-electron chi connectivity index (χ4n) is 2.18. The van der Waals surface area contributed by atoms with Crippen molar-refractivity contribution in [1.82, 2.24) is 4.90 Å². The Morgan fingerprint density at radius 2 is 1.94 bits per heavy atom. The Labute approximate surface area is 99.8 Å². The van der Waals surface area contributed by atoms with Crippen molar-refractivity contribution in [1.29, 1.82) is 0 Å². The van der Waals surface area contributed by atoms with Crippen LogP contribution in [0, 0.1) is 11.8 Å². The molecule has 3 heteroatoms. The summed E-state index contributed by atoms with van der Waals surface area (Å²) in [6, 6.07) is 0. The Morgan fingerprint density at radius 3 is 2.44 bits per heavy atom. The number of aliphatic hydroxyl groups excluding tert-OH is 1. The molecule has 0 aromatic rings. The first kappa shape index (κ1) is 13.9. The second-order valence-corrected chi connectivity index (χ2v) is 6.20. The van der Waals surface area contributed by atoms with E-state index in [9.17, 15) is 5.11 Å². The predicted octanol–water partition coefficient (Wildman–Crippen LogP) is 2.45. The summed E-state index contributed by atoms with van der Waals surface area (Å²) >= 11 is 0. The van der Waals surface area contributed by atoms with E-state index in [1.807, 2.05) is 20.8 Å². The highest BCUT2D eigenvalue weighted by Gasteiger charge is 2.28. The molecular formula is C13H27NO2. The quantitative estimate of drug-likeness (QED) is 0.755. The molecule has 2 atom stereocenters. The van der Waals surface area contributed by atoms with Gasteiger partial charge in [0, 0.05) is 13.1 Å². The fourth-order valence-corrected chi connectivity index (χ4v) is 2.18. The van der Waals surface area contributed by atoms with Gasteiger partial charge in [-0.3, -0.25) is 4.90 Å². The van der Waals surface area contributed by atoms with E-state index in [1.54, 1.807) is 0 Å². The molecule has 0 aliphatic carbocycles. The van der Waals surface area contributed by atoms with Gasteiger partial charge in [-0.2, -0.15) is 0 Å². The van der Waals surface area contributed by atoms with Gasteiger partial charge in [0.25, 0.3) is 0 Å². The van der Waals surface area contributed by atoms with E-state index in [4.69, 9.17) is 4.74 Å². The molecule has 2 unspecified atom stereocenters. The van der Waals surface area contributed by atoms with E-state index in [0.717, 1.165) is 19.5 Å². The average molecular weight is 229 g/mol. The summed E-state index contributed by atoms with van der Waals surface area (Å²) < 4.78 is 5.59. The first-order chi connectivity index (χ1) is 7.29. The smallest absolute Gasteiger partial charge is 0.216 e. The van der Waals surface area contributed by atoms with Gasteiger partial charge in [0.2, 0.25) is 6.41 Å². The first-order valence-electron chi connectivity index (χ1n) is 6.39. The van der Waals surface area contributed by atoms with Crippen LogP contribution in [0.4, 0.5) is 0 Å². The SMILES string of the molecule is CC(C)C1CCCN(C(O)OC(C)(C)C)C1. The van der Waals surface area contributed by atoms with E-state index in [2.05, 4.69) is 18.7 Å². The minimum Gasteiger partial charge on any atom is -0.356 e.